The van der Waals surface area contributed by atoms with Crippen LogP contribution < -0.4 is 9.64 Å². The summed E-state index contributed by atoms with van der Waals surface area (Å²) in [5.41, 5.74) is 2.41. The second kappa shape index (κ2) is 7.76. The van der Waals surface area contributed by atoms with Crippen molar-refractivity contribution in [3.63, 3.8) is 0 Å². The smallest absolute Gasteiger partial charge is 0.434 e. The highest BCUT2D eigenvalue weighted by Crippen LogP contribution is 2.34. The molecule has 1 atom stereocenters. The summed E-state index contributed by atoms with van der Waals surface area (Å²) < 4.78 is 43.7. The third-order valence-corrected chi connectivity index (χ3v) is 5.48. The summed E-state index contributed by atoms with van der Waals surface area (Å²) in [5, 5.41) is 10.6. The van der Waals surface area contributed by atoms with E-state index in [9.17, 15) is 18.4 Å². The Labute approximate surface area is 169 Å². The van der Waals surface area contributed by atoms with Crippen LogP contribution in [-0.4, -0.2) is 24.2 Å². The Kier molecular flexibility index (Phi) is 5.16. The molecule has 2 heterocycles. The van der Waals surface area contributed by atoms with Gasteiger partial charge in [-0.15, -0.1) is 0 Å². The van der Waals surface area contributed by atoms with Crippen LogP contribution in [0.5, 0.6) is 5.19 Å². The van der Waals surface area contributed by atoms with Crippen molar-refractivity contribution in [2.45, 2.75) is 18.7 Å². The van der Waals surface area contributed by atoms with Crippen molar-refractivity contribution in [1.29, 1.82) is 5.26 Å². The maximum atomic E-state index is 12.7. The first-order valence-electron chi connectivity index (χ1n) is 8.98. The maximum Gasteiger partial charge on any atom is 0.434 e. The lowest BCUT2D eigenvalue weighted by Crippen LogP contribution is -2.25. The number of anilines is 1. The van der Waals surface area contributed by atoms with Crippen LogP contribution in [0.15, 0.2) is 53.9 Å². The lowest BCUT2D eigenvalue weighted by molar-refractivity contribution is -0.140. The first kappa shape index (κ1) is 19.3. The number of rotatable bonds is 4. The minimum atomic E-state index is -4.47. The summed E-state index contributed by atoms with van der Waals surface area (Å²) in [6.45, 7) is 1.14. The standard InChI is InChI=1S/C21H16F3N3OS/c22-21(23,24)19-13-29-20(26-19)28-17-8-9-27(12-17)18-7-6-15(10-16(18)11-25)14-4-2-1-3-5-14/h1-7,10,13,17H,8-9,12H2. The second-order valence-corrected chi connectivity index (χ2v) is 7.50. The molecule has 8 heteroatoms. The van der Waals surface area contributed by atoms with Crippen LogP contribution in [0.4, 0.5) is 18.9 Å². The van der Waals surface area contributed by atoms with Gasteiger partial charge in [-0.2, -0.15) is 23.4 Å². The zero-order valence-corrected chi connectivity index (χ0v) is 16.0. The van der Waals surface area contributed by atoms with E-state index in [2.05, 4.69) is 11.1 Å². The van der Waals surface area contributed by atoms with Gasteiger partial charge in [-0.1, -0.05) is 47.7 Å². The van der Waals surface area contributed by atoms with Crippen molar-refractivity contribution in [2.75, 3.05) is 18.0 Å². The molecule has 29 heavy (non-hydrogen) atoms. The van der Waals surface area contributed by atoms with E-state index < -0.39 is 11.9 Å². The normalized spacial score (nSPS) is 16.6. The Balaban J connectivity index is 1.47. The molecule has 0 bridgehead atoms. The van der Waals surface area contributed by atoms with Crippen molar-refractivity contribution < 1.29 is 17.9 Å². The molecule has 3 aromatic rings. The van der Waals surface area contributed by atoms with Crippen LogP contribution >= 0.6 is 11.3 Å². The number of hydrogen-bond donors (Lipinski definition) is 0. The Hall–Kier alpha value is -3.05. The van der Waals surface area contributed by atoms with Gasteiger partial charge in [-0.05, 0) is 23.3 Å². The summed E-state index contributed by atoms with van der Waals surface area (Å²) in [6, 6.07) is 17.8. The van der Waals surface area contributed by atoms with E-state index in [1.807, 2.05) is 53.4 Å². The van der Waals surface area contributed by atoms with Gasteiger partial charge in [-0.3, -0.25) is 0 Å². The van der Waals surface area contributed by atoms with Crippen LogP contribution in [-0.2, 0) is 6.18 Å². The molecular weight excluding hydrogens is 399 g/mol. The number of hydrogen-bond acceptors (Lipinski definition) is 5. The minimum absolute atomic E-state index is 0.0177. The van der Waals surface area contributed by atoms with Crippen LogP contribution in [0.3, 0.4) is 0 Å². The highest BCUT2D eigenvalue weighted by Gasteiger charge is 2.35. The lowest BCUT2D eigenvalue weighted by atomic mass is 10.0. The highest BCUT2D eigenvalue weighted by atomic mass is 32.1. The molecular formula is C21H16F3N3OS. The molecule has 1 unspecified atom stereocenters. The summed E-state index contributed by atoms with van der Waals surface area (Å²) in [7, 11) is 0. The zero-order valence-electron chi connectivity index (χ0n) is 15.2. The van der Waals surface area contributed by atoms with Gasteiger partial charge >= 0.3 is 6.18 Å². The lowest BCUT2D eigenvalue weighted by Gasteiger charge is -2.20. The van der Waals surface area contributed by atoms with E-state index in [4.69, 9.17) is 4.74 Å². The number of aromatic nitrogens is 1. The molecule has 0 N–H and O–H groups in total. The number of halogens is 3. The van der Waals surface area contributed by atoms with E-state index in [0.29, 0.717) is 25.1 Å². The van der Waals surface area contributed by atoms with Crippen LogP contribution in [0.2, 0.25) is 0 Å². The summed E-state index contributed by atoms with van der Waals surface area (Å²) >= 11 is 0.843. The van der Waals surface area contributed by atoms with Gasteiger partial charge in [0.2, 0.25) is 0 Å². The Morgan fingerprint density at radius 3 is 2.62 bits per heavy atom. The Morgan fingerprint density at radius 1 is 1.14 bits per heavy atom. The van der Waals surface area contributed by atoms with E-state index in [0.717, 1.165) is 33.5 Å². The molecule has 1 aromatic heterocycles. The fourth-order valence-electron chi connectivity index (χ4n) is 3.34. The molecule has 4 nitrogen and oxygen atoms in total. The fraction of sp³-hybridized carbons (Fsp3) is 0.238. The molecule has 0 amide bonds. The molecule has 4 rings (SSSR count). The van der Waals surface area contributed by atoms with E-state index >= 15 is 0 Å². The van der Waals surface area contributed by atoms with Gasteiger partial charge in [-0.25, -0.2) is 0 Å². The molecule has 0 saturated carbocycles. The van der Waals surface area contributed by atoms with Crippen molar-refractivity contribution in [3.8, 4) is 22.4 Å². The third kappa shape index (κ3) is 4.20. The quantitative estimate of drug-likeness (QED) is 0.576. The topological polar surface area (TPSA) is 49.2 Å². The average Bonchev–Trinajstić information content (AvgIpc) is 3.38. The van der Waals surface area contributed by atoms with Gasteiger partial charge in [0, 0.05) is 18.3 Å². The predicted octanol–water partition coefficient (Wildman–Crippen LogP) is 5.36. The summed E-state index contributed by atoms with van der Waals surface area (Å²) in [5.74, 6) is 0. The Morgan fingerprint density at radius 2 is 1.93 bits per heavy atom. The first-order valence-corrected chi connectivity index (χ1v) is 9.86. The number of alkyl halides is 3. The van der Waals surface area contributed by atoms with Crippen molar-refractivity contribution in [1.82, 2.24) is 4.98 Å². The minimum Gasteiger partial charge on any atom is -0.465 e. The largest absolute Gasteiger partial charge is 0.465 e. The summed E-state index contributed by atoms with van der Waals surface area (Å²) in [4.78, 5) is 5.55. The Bertz CT molecular complexity index is 1040. The first-order chi connectivity index (χ1) is 13.9. The molecule has 0 spiro atoms. The van der Waals surface area contributed by atoms with E-state index in [1.54, 1.807) is 0 Å². The van der Waals surface area contributed by atoms with E-state index in [1.165, 1.54) is 0 Å². The van der Waals surface area contributed by atoms with Gasteiger partial charge in [0.15, 0.2) is 5.69 Å². The predicted molar refractivity (Wildman–Crippen MR) is 105 cm³/mol. The van der Waals surface area contributed by atoms with Gasteiger partial charge in [0.05, 0.1) is 17.8 Å². The molecule has 0 radical (unpaired) electrons. The van der Waals surface area contributed by atoms with Crippen molar-refractivity contribution in [2.24, 2.45) is 0 Å². The number of benzene rings is 2. The SMILES string of the molecule is N#Cc1cc(-c2ccccc2)ccc1N1CCC(Oc2nc(C(F)(F)F)cs2)C1. The number of ether oxygens (including phenoxy) is 1. The van der Waals surface area contributed by atoms with Crippen molar-refractivity contribution in [3.05, 3.63) is 65.2 Å². The van der Waals surface area contributed by atoms with Gasteiger partial charge in [0.25, 0.3) is 5.19 Å². The van der Waals surface area contributed by atoms with Crippen LogP contribution in [0.25, 0.3) is 11.1 Å². The third-order valence-electron chi connectivity index (χ3n) is 4.75. The van der Waals surface area contributed by atoms with Crippen molar-refractivity contribution >= 4 is 17.0 Å². The fourth-order valence-corrected chi connectivity index (χ4v) is 4.08. The number of nitrogens with zero attached hydrogens (tertiary/aromatic N) is 3. The van der Waals surface area contributed by atoms with Gasteiger partial charge < -0.3 is 9.64 Å². The molecule has 1 aliphatic rings. The highest BCUT2D eigenvalue weighted by molar-refractivity contribution is 7.11. The average molecular weight is 415 g/mol. The molecule has 1 fully saturated rings. The molecule has 0 aliphatic carbocycles. The molecule has 2 aromatic carbocycles. The monoisotopic (exact) mass is 415 g/mol. The summed E-state index contributed by atoms with van der Waals surface area (Å²) in [6.07, 6.45) is -4.10. The maximum absolute atomic E-state index is 12.7. The molecule has 1 saturated heterocycles. The number of nitriles is 1. The molecule has 1 aliphatic heterocycles. The molecule has 148 valence electrons. The van der Waals surface area contributed by atoms with E-state index in [-0.39, 0.29) is 11.3 Å². The van der Waals surface area contributed by atoms with Gasteiger partial charge in [0.1, 0.15) is 12.2 Å². The number of thiazole rings is 1. The second-order valence-electron chi connectivity index (χ2n) is 6.68. The zero-order chi connectivity index (χ0) is 20.4. The van der Waals surface area contributed by atoms with Crippen LogP contribution in [0.1, 0.15) is 17.7 Å². The van der Waals surface area contributed by atoms with Crippen LogP contribution in [0, 0.1) is 11.3 Å².